The molecule has 2 aromatic heterocycles. The number of nitrogens with zero attached hydrogens (tertiary/aromatic N) is 3. The van der Waals surface area contributed by atoms with Gasteiger partial charge in [-0.05, 0) is 68.7 Å². The summed E-state index contributed by atoms with van der Waals surface area (Å²) in [5.74, 6) is 0.849. The number of piperidine rings is 1. The molecule has 0 aliphatic carbocycles. The first-order valence-corrected chi connectivity index (χ1v) is 9.08. The van der Waals surface area contributed by atoms with Crippen LogP contribution in [0.5, 0.6) is 0 Å². The summed E-state index contributed by atoms with van der Waals surface area (Å²) in [6, 6.07) is 12.7. The number of benzene rings is 1. The number of pyridine rings is 1. The molecule has 3 heterocycles. The van der Waals surface area contributed by atoms with Gasteiger partial charge in [-0.3, -0.25) is 4.79 Å². The molecule has 6 heteroatoms. The number of H-pyrrole nitrogens is 1. The highest BCUT2D eigenvalue weighted by Crippen LogP contribution is 2.33. The molecule has 0 unspecified atom stereocenters. The number of hydrogen-bond acceptors (Lipinski definition) is 5. The lowest BCUT2D eigenvalue weighted by molar-refractivity contribution is 0.103. The van der Waals surface area contributed by atoms with Crippen LogP contribution in [-0.4, -0.2) is 40.8 Å². The van der Waals surface area contributed by atoms with Gasteiger partial charge in [0.05, 0.1) is 11.2 Å². The minimum Gasteiger partial charge on any atom is -0.385 e. The third-order valence-corrected chi connectivity index (χ3v) is 5.37. The summed E-state index contributed by atoms with van der Waals surface area (Å²) in [6.07, 6.45) is 2.09. The lowest BCUT2D eigenvalue weighted by Crippen LogP contribution is -2.29. The van der Waals surface area contributed by atoms with Gasteiger partial charge in [0.15, 0.2) is 0 Å². The molecular formula is C21H21N5O. The first-order chi connectivity index (χ1) is 13.1. The molecule has 6 nitrogen and oxygen atoms in total. The van der Waals surface area contributed by atoms with Crippen LogP contribution in [0.2, 0.25) is 0 Å². The zero-order valence-corrected chi connectivity index (χ0v) is 15.2. The van der Waals surface area contributed by atoms with Crippen LogP contribution in [0.15, 0.2) is 36.4 Å². The van der Waals surface area contributed by atoms with Crippen molar-refractivity contribution in [2.75, 3.05) is 25.9 Å². The predicted octanol–water partition coefficient (Wildman–Crippen LogP) is 3.06. The average molecular weight is 359 g/mol. The Labute approximate surface area is 157 Å². The van der Waals surface area contributed by atoms with Crippen molar-refractivity contribution in [1.29, 1.82) is 5.26 Å². The molecule has 4 rings (SSSR count). The molecule has 0 bridgehead atoms. The van der Waals surface area contributed by atoms with Gasteiger partial charge in [0.2, 0.25) is 5.78 Å². The van der Waals surface area contributed by atoms with Gasteiger partial charge >= 0.3 is 0 Å². The quantitative estimate of drug-likeness (QED) is 0.700. The topological polar surface area (TPSA) is 98.8 Å². The molecule has 0 amide bonds. The normalized spacial score (nSPS) is 15.7. The average Bonchev–Trinajstić information content (AvgIpc) is 3.08. The highest BCUT2D eigenvalue weighted by atomic mass is 16.1. The summed E-state index contributed by atoms with van der Waals surface area (Å²) in [5.41, 5.74) is 9.26. The second kappa shape index (κ2) is 6.86. The minimum atomic E-state index is -0.113. The Balaban J connectivity index is 1.69. The molecule has 0 radical (unpaired) electrons. The van der Waals surface area contributed by atoms with Crippen molar-refractivity contribution < 1.29 is 4.79 Å². The number of fused-ring (bicyclic) bond motifs is 1. The van der Waals surface area contributed by atoms with Gasteiger partial charge < -0.3 is 15.6 Å². The van der Waals surface area contributed by atoms with Gasteiger partial charge in [-0.1, -0.05) is 12.1 Å². The van der Waals surface area contributed by atoms with Crippen LogP contribution in [0, 0.1) is 11.3 Å². The van der Waals surface area contributed by atoms with Gasteiger partial charge in [-0.15, -0.1) is 0 Å². The lowest BCUT2D eigenvalue weighted by Gasteiger charge is -2.28. The summed E-state index contributed by atoms with van der Waals surface area (Å²) in [7, 11) is 2.12. The Morgan fingerprint density at radius 1 is 1.30 bits per heavy atom. The maximum absolute atomic E-state index is 13.1. The van der Waals surface area contributed by atoms with E-state index in [1.165, 1.54) is 0 Å². The fourth-order valence-corrected chi connectivity index (χ4v) is 3.83. The number of ketones is 1. The molecule has 27 heavy (non-hydrogen) atoms. The Morgan fingerprint density at radius 2 is 2.07 bits per heavy atom. The minimum absolute atomic E-state index is 0.113. The van der Waals surface area contributed by atoms with Crippen LogP contribution >= 0.6 is 0 Å². The molecule has 1 saturated heterocycles. The fourth-order valence-electron chi connectivity index (χ4n) is 3.83. The van der Waals surface area contributed by atoms with Crippen molar-refractivity contribution in [3.63, 3.8) is 0 Å². The molecule has 0 spiro atoms. The Hall–Kier alpha value is -3.17. The number of anilines is 1. The number of nitrogens with two attached hydrogens (primary N) is 1. The number of aromatic amines is 1. The van der Waals surface area contributed by atoms with E-state index in [4.69, 9.17) is 11.0 Å². The predicted molar refractivity (Wildman–Crippen MR) is 105 cm³/mol. The van der Waals surface area contributed by atoms with Crippen LogP contribution < -0.4 is 5.73 Å². The lowest BCUT2D eigenvalue weighted by atomic mass is 9.90. The van der Waals surface area contributed by atoms with E-state index in [-0.39, 0.29) is 5.78 Å². The van der Waals surface area contributed by atoms with Gasteiger partial charge in [-0.25, -0.2) is 4.98 Å². The number of nitrogen functional groups attached to an aromatic ring is 1. The summed E-state index contributed by atoms with van der Waals surface area (Å²) >= 11 is 0. The van der Waals surface area contributed by atoms with E-state index in [2.05, 4.69) is 21.9 Å². The third-order valence-electron chi connectivity index (χ3n) is 5.37. The number of hydrogen-bond donors (Lipinski definition) is 2. The highest BCUT2D eigenvalue weighted by Gasteiger charge is 2.24. The number of aromatic nitrogens is 2. The standard InChI is InChI=1S/C21H21N5O/c1-26-9-7-13(8-10-26)17-11-19(25-21(17)23)20(27)16-3-2-4-18-15(16)6-5-14(12-22)24-18/h2-6,11,13,25H,7-10,23H2,1H3. The number of nitrogens with one attached hydrogen (secondary N) is 1. The summed E-state index contributed by atoms with van der Waals surface area (Å²) < 4.78 is 0. The van der Waals surface area contributed by atoms with Crippen LogP contribution in [0.1, 0.15) is 46.1 Å². The number of nitriles is 1. The largest absolute Gasteiger partial charge is 0.385 e. The Morgan fingerprint density at radius 3 is 2.81 bits per heavy atom. The van der Waals surface area contributed by atoms with E-state index in [1.807, 2.05) is 12.1 Å². The van der Waals surface area contributed by atoms with Crippen LogP contribution in [-0.2, 0) is 0 Å². The van der Waals surface area contributed by atoms with Crippen molar-refractivity contribution in [1.82, 2.24) is 14.9 Å². The monoisotopic (exact) mass is 359 g/mol. The summed E-state index contributed by atoms with van der Waals surface area (Å²) in [5, 5.41) is 9.76. The van der Waals surface area contributed by atoms with Gasteiger partial charge in [-0.2, -0.15) is 5.26 Å². The Kier molecular flexibility index (Phi) is 4.38. The van der Waals surface area contributed by atoms with Crippen molar-refractivity contribution in [3.05, 3.63) is 58.9 Å². The van der Waals surface area contributed by atoms with Crippen molar-refractivity contribution in [2.24, 2.45) is 0 Å². The zero-order chi connectivity index (χ0) is 19.0. The molecule has 1 aliphatic rings. The van der Waals surface area contributed by atoms with E-state index >= 15 is 0 Å². The summed E-state index contributed by atoms with van der Waals surface area (Å²) in [6.45, 7) is 2.07. The Bertz CT molecular complexity index is 1050. The number of carbonyl (C=O) groups excluding carboxylic acids is 1. The molecule has 1 fully saturated rings. The van der Waals surface area contributed by atoms with E-state index < -0.39 is 0 Å². The molecule has 136 valence electrons. The fraction of sp³-hybridized carbons (Fsp3) is 0.286. The van der Waals surface area contributed by atoms with Gasteiger partial charge in [0.1, 0.15) is 17.6 Å². The van der Waals surface area contributed by atoms with Crippen molar-refractivity contribution in [3.8, 4) is 6.07 Å². The van der Waals surface area contributed by atoms with Crippen molar-refractivity contribution >= 4 is 22.5 Å². The van der Waals surface area contributed by atoms with E-state index in [9.17, 15) is 4.79 Å². The maximum atomic E-state index is 13.1. The van der Waals surface area contributed by atoms with E-state index in [0.29, 0.717) is 34.2 Å². The second-order valence-electron chi connectivity index (χ2n) is 7.14. The molecule has 0 atom stereocenters. The highest BCUT2D eigenvalue weighted by molar-refractivity contribution is 6.15. The zero-order valence-electron chi connectivity index (χ0n) is 15.2. The first kappa shape index (κ1) is 17.3. The van der Waals surface area contributed by atoms with Gasteiger partial charge in [0, 0.05) is 10.9 Å². The van der Waals surface area contributed by atoms with Crippen molar-refractivity contribution in [2.45, 2.75) is 18.8 Å². The number of rotatable bonds is 3. The maximum Gasteiger partial charge on any atom is 0.209 e. The SMILES string of the molecule is CN1CCC(c2cc(C(=O)c3cccc4nc(C#N)ccc34)[nH]c2N)CC1. The molecule has 0 saturated carbocycles. The van der Waals surface area contributed by atoms with Crippen LogP contribution in [0.4, 0.5) is 5.82 Å². The molecular weight excluding hydrogens is 338 g/mol. The molecule has 3 aromatic rings. The van der Waals surface area contributed by atoms with E-state index in [0.717, 1.165) is 36.9 Å². The molecule has 3 N–H and O–H groups in total. The smallest absolute Gasteiger partial charge is 0.209 e. The molecule has 1 aromatic carbocycles. The number of carbonyl (C=O) groups is 1. The van der Waals surface area contributed by atoms with Crippen LogP contribution in [0.25, 0.3) is 10.9 Å². The van der Waals surface area contributed by atoms with Gasteiger partial charge in [0.25, 0.3) is 0 Å². The molecule has 1 aliphatic heterocycles. The number of likely N-dealkylation sites (tertiary alicyclic amines) is 1. The van der Waals surface area contributed by atoms with Crippen LogP contribution in [0.3, 0.4) is 0 Å². The summed E-state index contributed by atoms with van der Waals surface area (Å²) in [4.78, 5) is 22.8. The third kappa shape index (κ3) is 3.18. The second-order valence-corrected chi connectivity index (χ2v) is 7.14. The van der Waals surface area contributed by atoms with E-state index in [1.54, 1.807) is 30.3 Å². The first-order valence-electron chi connectivity index (χ1n) is 9.08.